The second kappa shape index (κ2) is 6.49. The van der Waals surface area contributed by atoms with E-state index in [-0.39, 0.29) is 11.6 Å². The van der Waals surface area contributed by atoms with Gasteiger partial charge in [0.1, 0.15) is 0 Å². The molecule has 0 radical (unpaired) electrons. The van der Waals surface area contributed by atoms with Crippen molar-refractivity contribution < 1.29 is 9.72 Å². The Bertz CT molecular complexity index is 528. The van der Waals surface area contributed by atoms with E-state index in [1.165, 1.54) is 12.3 Å². The highest BCUT2D eigenvalue weighted by molar-refractivity contribution is 5.81. The fraction of sp³-hybridized carbons (Fsp3) is 0.538. The normalized spacial score (nSPS) is 16.7. The molecule has 0 saturated carbocycles. The van der Waals surface area contributed by atoms with Gasteiger partial charge >= 0.3 is 5.69 Å². The van der Waals surface area contributed by atoms with Gasteiger partial charge in [0.25, 0.3) is 0 Å². The Labute approximate surface area is 122 Å². The van der Waals surface area contributed by atoms with Crippen molar-refractivity contribution in [1.29, 1.82) is 0 Å². The van der Waals surface area contributed by atoms with Crippen LogP contribution in [-0.4, -0.2) is 52.9 Å². The zero-order valence-electron chi connectivity index (χ0n) is 11.9. The molecule has 0 aliphatic carbocycles. The minimum absolute atomic E-state index is 0.0115. The van der Waals surface area contributed by atoms with Crippen LogP contribution in [0.4, 0.5) is 11.5 Å². The third-order valence-electron chi connectivity index (χ3n) is 3.61. The van der Waals surface area contributed by atoms with Crippen molar-refractivity contribution in [3.63, 3.8) is 0 Å². The number of nitro groups is 1. The van der Waals surface area contributed by atoms with Gasteiger partial charge in [0.2, 0.25) is 11.7 Å². The van der Waals surface area contributed by atoms with E-state index in [0.29, 0.717) is 38.4 Å². The number of aromatic nitrogens is 1. The van der Waals surface area contributed by atoms with Crippen LogP contribution in [0, 0.1) is 10.1 Å². The lowest BCUT2D eigenvalue weighted by molar-refractivity contribution is -0.384. The van der Waals surface area contributed by atoms with Crippen molar-refractivity contribution in [2.24, 2.45) is 5.73 Å². The van der Waals surface area contributed by atoms with Crippen LogP contribution in [0.15, 0.2) is 18.3 Å². The van der Waals surface area contributed by atoms with Crippen LogP contribution < -0.4 is 10.6 Å². The Kier molecular flexibility index (Phi) is 4.69. The van der Waals surface area contributed by atoms with Crippen LogP contribution in [0.5, 0.6) is 0 Å². The SMILES string of the molecule is CC[C@H](N)C(=O)N1CCN(c2ncccc2[N+](=O)[O-])CC1. The number of nitrogens with zero attached hydrogens (tertiary/aromatic N) is 4. The van der Waals surface area contributed by atoms with Crippen molar-refractivity contribution in [1.82, 2.24) is 9.88 Å². The maximum Gasteiger partial charge on any atom is 0.311 e. The molecule has 1 atom stereocenters. The highest BCUT2D eigenvalue weighted by Crippen LogP contribution is 2.25. The third kappa shape index (κ3) is 3.27. The summed E-state index contributed by atoms with van der Waals surface area (Å²) in [5.41, 5.74) is 5.74. The van der Waals surface area contributed by atoms with Gasteiger partial charge in [-0.15, -0.1) is 0 Å². The number of piperazine rings is 1. The lowest BCUT2D eigenvalue weighted by Crippen LogP contribution is -2.53. The fourth-order valence-corrected chi connectivity index (χ4v) is 2.32. The predicted octanol–water partition coefficient (Wildman–Crippen LogP) is 0.376. The van der Waals surface area contributed by atoms with Crippen molar-refractivity contribution >= 4 is 17.4 Å². The summed E-state index contributed by atoms with van der Waals surface area (Å²) >= 11 is 0. The molecule has 0 bridgehead atoms. The molecule has 8 nitrogen and oxygen atoms in total. The van der Waals surface area contributed by atoms with E-state index in [9.17, 15) is 14.9 Å². The lowest BCUT2D eigenvalue weighted by atomic mass is 10.2. The Morgan fingerprint density at radius 1 is 1.48 bits per heavy atom. The number of carbonyl (C=O) groups is 1. The summed E-state index contributed by atoms with van der Waals surface area (Å²) in [5.74, 6) is 0.294. The Morgan fingerprint density at radius 2 is 2.14 bits per heavy atom. The summed E-state index contributed by atoms with van der Waals surface area (Å²) < 4.78 is 0. The summed E-state index contributed by atoms with van der Waals surface area (Å²) in [6.07, 6.45) is 2.14. The molecule has 114 valence electrons. The smallest absolute Gasteiger partial charge is 0.311 e. The minimum Gasteiger partial charge on any atom is -0.347 e. The zero-order valence-corrected chi connectivity index (χ0v) is 11.9. The number of anilines is 1. The van der Waals surface area contributed by atoms with Crippen LogP contribution >= 0.6 is 0 Å². The number of rotatable bonds is 4. The molecule has 1 amide bonds. The molecule has 1 aliphatic heterocycles. The summed E-state index contributed by atoms with van der Waals surface area (Å²) in [4.78, 5) is 30.2. The van der Waals surface area contributed by atoms with Gasteiger partial charge in [-0.1, -0.05) is 6.92 Å². The molecule has 0 spiro atoms. The number of amides is 1. The second-order valence-electron chi connectivity index (χ2n) is 4.93. The van der Waals surface area contributed by atoms with Gasteiger partial charge in [0.15, 0.2) is 0 Å². The first-order chi connectivity index (χ1) is 10.0. The number of carbonyl (C=O) groups excluding carboxylic acids is 1. The highest BCUT2D eigenvalue weighted by atomic mass is 16.6. The van der Waals surface area contributed by atoms with E-state index >= 15 is 0 Å². The average molecular weight is 293 g/mol. The van der Waals surface area contributed by atoms with Crippen molar-refractivity contribution in [2.75, 3.05) is 31.1 Å². The number of hydrogen-bond acceptors (Lipinski definition) is 6. The maximum atomic E-state index is 12.0. The topological polar surface area (TPSA) is 106 Å². The van der Waals surface area contributed by atoms with Gasteiger partial charge in [0.05, 0.1) is 11.0 Å². The van der Waals surface area contributed by atoms with Crippen LogP contribution in [0.3, 0.4) is 0 Å². The molecule has 1 saturated heterocycles. The number of nitrogens with two attached hydrogens (primary N) is 1. The molecular weight excluding hydrogens is 274 g/mol. The van der Waals surface area contributed by atoms with E-state index in [0.717, 1.165) is 0 Å². The Morgan fingerprint density at radius 3 is 2.71 bits per heavy atom. The van der Waals surface area contributed by atoms with E-state index in [1.807, 2.05) is 11.8 Å². The molecule has 2 rings (SSSR count). The van der Waals surface area contributed by atoms with E-state index in [2.05, 4.69) is 4.98 Å². The first kappa shape index (κ1) is 15.2. The zero-order chi connectivity index (χ0) is 15.4. The molecule has 0 aromatic carbocycles. The van der Waals surface area contributed by atoms with Gasteiger partial charge in [-0.2, -0.15) is 0 Å². The van der Waals surface area contributed by atoms with E-state index in [1.54, 1.807) is 11.0 Å². The van der Waals surface area contributed by atoms with E-state index in [4.69, 9.17) is 5.73 Å². The molecule has 2 N–H and O–H groups in total. The molecule has 1 aromatic heterocycles. The van der Waals surface area contributed by atoms with Crippen LogP contribution in [0.2, 0.25) is 0 Å². The highest BCUT2D eigenvalue weighted by Gasteiger charge is 2.28. The van der Waals surface area contributed by atoms with Crippen LogP contribution in [0.25, 0.3) is 0 Å². The predicted molar refractivity (Wildman–Crippen MR) is 78.0 cm³/mol. The monoisotopic (exact) mass is 293 g/mol. The Balaban J connectivity index is 2.05. The van der Waals surface area contributed by atoms with Gasteiger partial charge in [-0.3, -0.25) is 14.9 Å². The summed E-state index contributed by atoms with van der Waals surface area (Å²) in [6, 6.07) is 2.51. The van der Waals surface area contributed by atoms with Crippen molar-refractivity contribution in [3.05, 3.63) is 28.4 Å². The minimum atomic E-state index is -0.472. The van der Waals surface area contributed by atoms with Gasteiger partial charge < -0.3 is 15.5 Å². The summed E-state index contributed by atoms with van der Waals surface area (Å²) in [6.45, 7) is 3.90. The third-order valence-corrected chi connectivity index (χ3v) is 3.61. The molecule has 8 heteroatoms. The second-order valence-corrected chi connectivity index (χ2v) is 4.93. The van der Waals surface area contributed by atoms with Gasteiger partial charge in [0, 0.05) is 38.4 Å². The van der Waals surface area contributed by atoms with Crippen molar-refractivity contribution in [3.8, 4) is 0 Å². The van der Waals surface area contributed by atoms with Crippen LogP contribution in [-0.2, 0) is 4.79 Å². The van der Waals surface area contributed by atoms with Crippen molar-refractivity contribution in [2.45, 2.75) is 19.4 Å². The molecule has 21 heavy (non-hydrogen) atoms. The first-order valence-corrected chi connectivity index (χ1v) is 6.93. The maximum absolute atomic E-state index is 12.0. The molecule has 1 aliphatic rings. The van der Waals surface area contributed by atoms with Gasteiger partial charge in [-0.05, 0) is 12.5 Å². The molecule has 0 unspecified atom stereocenters. The summed E-state index contributed by atoms with van der Waals surface area (Å²) in [5, 5.41) is 11.0. The number of pyridine rings is 1. The Hall–Kier alpha value is -2.22. The standard InChI is InChI=1S/C13H19N5O3/c1-2-10(14)13(19)17-8-6-16(7-9-17)12-11(18(20)21)4-3-5-15-12/h3-5,10H,2,6-9,14H2,1H3/t10-/m0/s1. The van der Waals surface area contributed by atoms with Crippen LogP contribution in [0.1, 0.15) is 13.3 Å². The number of hydrogen-bond donors (Lipinski definition) is 1. The largest absolute Gasteiger partial charge is 0.347 e. The molecular formula is C13H19N5O3. The molecule has 1 fully saturated rings. The molecule has 2 heterocycles. The van der Waals surface area contributed by atoms with E-state index < -0.39 is 11.0 Å². The quantitative estimate of drug-likeness (QED) is 0.635. The van der Waals surface area contributed by atoms with Gasteiger partial charge in [-0.25, -0.2) is 4.98 Å². The summed E-state index contributed by atoms with van der Waals surface area (Å²) in [7, 11) is 0. The average Bonchev–Trinajstić information content (AvgIpc) is 2.53. The first-order valence-electron chi connectivity index (χ1n) is 6.93. The lowest BCUT2D eigenvalue weighted by Gasteiger charge is -2.36. The fourth-order valence-electron chi connectivity index (χ4n) is 2.32. The molecule has 1 aromatic rings.